The second kappa shape index (κ2) is 4.06. The molecule has 0 aliphatic heterocycles. The average molecular weight is 210 g/mol. The first-order valence-corrected chi connectivity index (χ1v) is 4.32. The minimum Gasteiger partial charge on any atom is -0.478 e. The van der Waals surface area contributed by atoms with E-state index >= 15 is 0 Å². The number of thiocarbonyl (C=S) groups is 1. The molecule has 0 fully saturated rings. The third kappa shape index (κ3) is 2.43. The van der Waals surface area contributed by atoms with Gasteiger partial charge in [0.2, 0.25) is 0 Å². The quantitative estimate of drug-likeness (QED) is 0.642. The number of nitrogens with one attached hydrogen (secondary N) is 1. The van der Waals surface area contributed by atoms with Gasteiger partial charge >= 0.3 is 5.97 Å². The normalized spacial score (nSPS) is 9.50. The molecular weight excluding hydrogens is 200 g/mol. The molecule has 74 valence electrons. The SMILES string of the molecule is Cc1ccc(C(=O)O)c(NC(N)=S)c1. The Morgan fingerprint density at radius 3 is 2.71 bits per heavy atom. The van der Waals surface area contributed by atoms with Crippen molar-refractivity contribution in [2.24, 2.45) is 5.73 Å². The fourth-order valence-corrected chi connectivity index (χ4v) is 1.19. The van der Waals surface area contributed by atoms with E-state index in [1.165, 1.54) is 6.07 Å². The van der Waals surface area contributed by atoms with Crippen LogP contribution in [-0.2, 0) is 0 Å². The van der Waals surface area contributed by atoms with E-state index in [2.05, 4.69) is 17.5 Å². The highest BCUT2D eigenvalue weighted by atomic mass is 32.1. The largest absolute Gasteiger partial charge is 0.478 e. The van der Waals surface area contributed by atoms with Crippen molar-refractivity contribution in [2.45, 2.75) is 6.92 Å². The molecule has 0 unspecified atom stereocenters. The number of aryl methyl sites for hydroxylation is 1. The Balaban J connectivity index is 3.15. The summed E-state index contributed by atoms with van der Waals surface area (Å²) in [5.41, 5.74) is 6.79. The molecule has 5 heteroatoms. The van der Waals surface area contributed by atoms with Crippen molar-refractivity contribution in [3.63, 3.8) is 0 Å². The standard InChI is InChI=1S/C9H10N2O2S/c1-5-2-3-6(8(12)13)7(4-5)11-9(10)14/h2-4H,1H3,(H,12,13)(H3,10,11,14). The summed E-state index contributed by atoms with van der Waals surface area (Å²) >= 11 is 4.64. The summed E-state index contributed by atoms with van der Waals surface area (Å²) in [7, 11) is 0. The number of hydrogen-bond donors (Lipinski definition) is 3. The summed E-state index contributed by atoms with van der Waals surface area (Å²) in [6.07, 6.45) is 0. The van der Waals surface area contributed by atoms with Gasteiger partial charge in [-0.3, -0.25) is 0 Å². The smallest absolute Gasteiger partial charge is 0.337 e. The van der Waals surface area contributed by atoms with Crippen LogP contribution < -0.4 is 11.1 Å². The Hall–Kier alpha value is -1.62. The number of nitrogens with two attached hydrogens (primary N) is 1. The summed E-state index contributed by atoms with van der Waals surface area (Å²) in [5.74, 6) is -1.01. The molecule has 1 aromatic rings. The average Bonchev–Trinajstić information content (AvgIpc) is 2.01. The molecule has 0 bridgehead atoms. The van der Waals surface area contributed by atoms with Gasteiger partial charge < -0.3 is 16.2 Å². The van der Waals surface area contributed by atoms with E-state index in [0.717, 1.165) is 5.56 Å². The minimum absolute atomic E-state index is 0.0538. The minimum atomic E-state index is -1.01. The van der Waals surface area contributed by atoms with Crippen LogP contribution in [0.25, 0.3) is 0 Å². The van der Waals surface area contributed by atoms with Gasteiger partial charge in [0.15, 0.2) is 5.11 Å². The van der Waals surface area contributed by atoms with E-state index in [0.29, 0.717) is 5.69 Å². The number of carboxylic acids is 1. The fourth-order valence-electron chi connectivity index (χ4n) is 1.08. The number of hydrogen-bond acceptors (Lipinski definition) is 2. The van der Waals surface area contributed by atoms with Crippen LogP contribution in [0.5, 0.6) is 0 Å². The molecule has 0 radical (unpaired) electrons. The lowest BCUT2D eigenvalue weighted by molar-refractivity contribution is 0.0698. The van der Waals surface area contributed by atoms with E-state index in [1.54, 1.807) is 12.1 Å². The zero-order chi connectivity index (χ0) is 10.7. The molecule has 0 spiro atoms. The molecule has 0 amide bonds. The van der Waals surface area contributed by atoms with Gasteiger partial charge in [-0.1, -0.05) is 6.07 Å². The van der Waals surface area contributed by atoms with Crippen LogP contribution in [0, 0.1) is 6.92 Å². The molecule has 4 nitrogen and oxygen atoms in total. The summed E-state index contributed by atoms with van der Waals surface area (Å²) in [5, 5.41) is 11.5. The van der Waals surface area contributed by atoms with Gasteiger partial charge in [0.05, 0.1) is 11.3 Å². The second-order valence-electron chi connectivity index (χ2n) is 2.84. The van der Waals surface area contributed by atoms with Crippen molar-refractivity contribution >= 4 is 29.0 Å². The predicted octanol–water partition coefficient (Wildman–Crippen LogP) is 1.35. The number of carboxylic acid groups (broad SMARTS) is 1. The molecule has 0 aliphatic carbocycles. The zero-order valence-electron chi connectivity index (χ0n) is 7.57. The van der Waals surface area contributed by atoms with E-state index < -0.39 is 5.97 Å². The molecule has 0 saturated heterocycles. The molecular formula is C9H10N2O2S. The van der Waals surface area contributed by atoms with Gasteiger partial charge in [-0.2, -0.15) is 0 Å². The Labute approximate surface area is 86.7 Å². The van der Waals surface area contributed by atoms with Crippen molar-refractivity contribution in [1.82, 2.24) is 0 Å². The summed E-state index contributed by atoms with van der Waals surface area (Å²) in [6, 6.07) is 4.91. The molecule has 14 heavy (non-hydrogen) atoms. The molecule has 1 aromatic carbocycles. The highest BCUT2D eigenvalue weighted by molar-refractivity contribution is 7.80. The van der Waals surface area contributed by atoms with E-state index in [9.17, 15) is 4.79 Å². The van der Waals surface area contributed by atoms with Crippen molar-refractivity contribution < 1.29 is 9.90 Å². The molecule has 0 heterocycles. The van der Waals surface area contributed by atoms with Crippen LogP contribution >= 0.6 is 12.2 Å². The van der Waals surface area contributed by atoms with Crippen LogP contribution in [0.15, 0.2) is 18.2 Å². The monoisotopic (exact) mass is 210 g/mol. The molecule has 0 aromatic heterocycles. The summed E-state index contributed by atoms with van der Waals surface area (Å²) in [6.45, 7) is 1.86. The maximum absolute atomic E-state index is 10.8. The lowest BCUT2D eigenvalue weighted by atomic mass is 10.1. The van der Waals surface area contributed by atoms with Crippen LogP contribution in [0.2, 0.25) is 0 Å². The number of benzene rings is 1. The predicted molar refractivity (Wildman–Crippen MR) is 58.5 cm³/mol. The van der Waals surface area contributed by atoms with Crippen LogP contribution in [-0.4, -0.2) is 16.2 Å². The van der Waals surface area contributed by atoms with Crippen LogP contribution in [0.1, 0.15) is 15.9 Å². The number of carbonyl (C=O) groups is 1. The van der Waals surface area contributed by atoms with E-state index in [1.807, 2.05) is 6.92 Å². The zero-order valence-corrected chi connectivity index (χ0v) is 8.39. The Kier molecular flexibility index (Phi) is 3.03. The second-order valence-corrected chi connectivity index (χ2v) is 3.28. The first-order chi connectivity index (χ1) is 6.50. The number of aromatic carboxylic acids is 1. The van der Waals surface area contributed by atoms with E-state index in [-0.39, 0.29) is 10.7 Å². The van der Waals surface area contributed by atoms with Gasteiger partial charge in [0.1, 0.15) is 0 Å². The van der Waals surface area contributed by atoms with Crippen molar-refractivity contribution in [2.75, 3.05) is 5.32 Å². The topological polar surface area (TPSA) is 75.3 Å². The van der Waals surface area contributed by atoms with Gasteiger partial charge in [-0.05, 0) is 36.8 Å². The van der Waals surface area contributed by atoms with Crippen molar-refractivity contribution in [1.29, 1.82) is 0 Å². The van der Waals surface area contributed by atoms with Gasteiger partial charge in [0, 0.05) is 0 Å². The maximum atomic E-state index is 10.8. The maximum Gasteiger partial charge on any atom is 0.337 e. The Morgan fingerprint density at radius 1 is 1.57 bits per heavy atom. The first kappa shape index (κ1) is 10.5. The highest BCUT2D eigenvalue weighted by Gasteiger charge is 2.09. The molecule has 4 N–H and O–H groups in total. The summed E-state index contributed by atoms with van der Waals surface area (Å²) in [4.78, 5) is 10.8. The molecule has 1 rings (SSSR count). The lowest BCUT2D eigenvalue weighted by Crippen LogP contribution is -2.20. The third-order valence-corrected chi connectivity index (χ3v) is 1.77. The van der Waals surface area contributed by atoms with Crippen LogP contribution in [0.4, 0.5) is 5.69 Å². The highest BCUT2D eigenvalue weighted by Crippen LogP contribution is 2.17. The van der Waals surface area contributed by atoms with Crippen LogP contribution in [0.3, 0.4) is 0 Å². The van der Waals surface area contributed by atoms with Gasteiger partial charge in [-0.15, -0.1) is 0 Å². The van der Waals surface area contributed by atoms with Crippen molar-refractivity contribution in [3.05, 3.63) is 29.3 Å². The lowest BCUT2D eigenvalue weighted by Gasteiger charge is -2.08. The first-order valence-electron chi connectivity index (χ1n) is 3.91. The Morgan fingerprint density at radius 2 is 2.21 bits per heavy atom. The molecule has 0 aliphatic rings. The molecule has 0 atom stereocenters. The van der Waals surface area contributed by atoms with E-state index in [4.69, 9.17) is 10.8 Å². The Bertz CT molecular complexity index is 390. The van der Waals surface area contributed by atoms with Gasteiger partial charge in [-0.25, -0.2) is 4.79 Å². The number of rotatable bonds is 2. The fraction of sp³-hybridized carbons (Fsp3) is 0.111. The van der Waals surface area contributed by atoms with Gasteiger partial charge in [0.25, 0.3) is 0 Å². The third-order valence-electron chi connectivity index (χ3n) is 1.66. The van der Waals surface area contributed by atoms with Crippen molar-refractivity contribution in [3.8, 4) is 0 Å². The summed E-state index contributed by atoms with van der Waals surface area (Å²) < 4.78 is 0. The molecule has 0 saturated carbocycles. The number of anilines is 1.